The molecule has 22 heavy (non-hydrogen) atoms. The molecule has 6 nitrogen and oxygen atoms in total. The van der Waals surface area contributed by atoms with E-state index in [9.17, 15) is 9.90 Å². The average Bonchev–Trinajstić information content (AvgIpc) is 3.17. The zero-order valence-electron chi connectivity index (χ0n) is 13.0. The third kappa shape index (κ3) is 3.59. The van der Waals surface area contributed by atoms with Crippen molar-refractivity contribution < 1.29 is 9.90 Å². The molecule has 0 spiro atoms. The average molecular weight is 324 g/mol. The van der Waals surface area contributed by atoms with E-state index < -0.39 is 6.10 Å². The van der Waals surface area contributed by atoms with Crippen molar-refractivity contribution in [2.45, 2.75) is 31.9 Å². The van der Waals surface area contributed by atoms with Crippen LogP contribution in [-0.4, -0.2) is 60.2 Å². The van der Waals surface area contributed by atoms with E-state index in [0.29, 0.717) is 19.5 Å². The molecule has 0 unspecified atom stereocenters. The Morgan fingerprint density at radius 1 is 1.45 bits per heavy atom. The molecule has 0 bridgehead atoms. The maximum Gasteiger partial charge on any atom is 0.227 e. The largest absolute Gasteiger partial charge is 0.392 e. The number of aromatic nitrogens is 1. The quantitative estimate of drug-likeness (QED) is 0.852. The molecule has 1 amide bonds. The summed E-state index contributed by atoms with van der Waals surface area (Å²) in [5, 5.41) is 16.0. The standard InChI is InChI=1S/C15H24N4O2S/c1-18-7-4-13(20)12(9-18)14(21)16-8-11-10-22-15(17-11)19-5-2-3-6-19/h10,12-13,20H,2-9H2,1H3,(H,16,21)/t12-,13-/m1/s1. The number of hydrogen-bond acceptors (Lipinski definition) is 6. The third-order valence-electron chi connectivity index (χ3n) is 4.48. The van der Waals surface area contributed by atoms with Gasteiger partial charge in [0.05, 0.1) is 24.3 Å². The van der Waals surface area contributed by atoms with Crippen LogP contribution in [0.25, 0.3) is 0 Å². The predicted octanol–water partition coefficient (Wildman–Crippen LogP) is 0.672. The molecule has 2 saturated heterocycles. The number of piperidine rings is 1. The minimum atomic E-state index is -0.535. The van der Waals surface area contributed by atoms with Gasteiger partial charge in [0.1, 0.15) is 0 Å². The normalized spacial score (nSPS) is 26.4. The van der Waals surface area contributed by atoms with Crippen molar-refractivity contribution in [1.29, 1.82) is 0 Å². The van der Waals surface area contributed by atoms with E-state index in [1.54, 1.807) is 11.3 Å². The van der Waals surface area contributed by atoms with Crippen LogP contribution in [0.3, 0.4) is 0 Å². The van der Waals surface area contributed by atoms with Crippen LogP contribution in [0.5, 0.6) is 0 Å². The van der Waals surface area contributed by atoms with Gasteiger partial charge in [-0.15, -0.1) is 11.3 Å². The van der Waals surface area contributed by atoms with Gasteiger partial charge in [-0.25, -0.2) is 4.98 Å². The lowest BCUT2D eigenvalue weighted by Crippen LogP contribution is -2.48. The molecule has 2 atom stereocenters. The Morgan fingerprint density at radius 2 is 2.23 bits per heavy atom. The molecule has 0 aliphatic carbocycles. The first-order valence-corrected chi connectivity index (χ1v) is 8.85. The van der Waals surface area contributed by atoms with E-state index in [1.165, 1.54) is 12.8 Å². The fourth-order valence-electron chi connectivity index (χ4n) is 3.10. The molecule has 1 aromatic heterocycles. The van der Waals surface area contributed by atoms with Crippen LogP contribution in [0.15, 0.2) is 5.38 Å². The molecule has 122 valence electrons. The highest BCUT2D eigenvalue weighted by molar-refractivity contribution is 7.13. The third-order valence-corrected chi connectivity index (χ3v) is 5.43. The maximum absolute atomic E-state index is 12.3. The number of carbonyl (C=O) groups is 1. The summed E-state index contributed by atoms with van der Waals surface area (Å²) < 4.78 is 0. The first-order chi connectivity index (χ1) is 10.6. The van der Waals surface area contributed by atoms with Crippen molar-refractivity contribution in [3.8, 4) is 0 Å². The number of amides is 1. The van der Waals surface area contributed by atoms with Gasteiger partial charge in [0.2, 0.25) is 5.91 Å². The van der Waals surface area contributed by atoms with Crippen molar-refractivity contribution >= 4 is 22.4 Å². The summed E-state index contributed by atoms with van der Waals surface area (Å²) >= 11 is 1.64. The highest BCUT2D eigenvalue weighted by Gasteiger charge is 2.31. The number of anilines is 1. The van der Waals surface area contributed by atoms with E-state index in [-0.39, 0.29) is 11.8 Å². The van der Waals surface area contributed by atoms with Gasteiger partial charge in [0.25, 0.3) is 0 Å². The molecule has 3 rings (SSSR count). The fourth-order valence-corrected chi connectivity index (χ4v) is 3.98. The first kappa shape index (κ1) is 15.7. The lowest BCUT2D eigenvalue weighted by atomic mass is 9.94. The van der Waals surface area contributed by atoms with Crippen molar-refractivity contribution in [3.63, 3.8) is 0 Å². The minimum Gasteiger partial charge on any atom is -0.392 e. The Labute approximate surface area is 135 Å². The number of thiazole rings is 1. The van der Waals surface area contributed by atoms with E-state index in [0.717, 1.165) is 30.5 Å². The molecule has 3 heterocycles. The van der Waals surface area contributed by atoms with Crippen LogP contribution in [0, 0.1) is 5.92 Å². The zero-order chi connectivity index (χ0) is 15.5. The summed E-state index contributed by atoms with van der Waals surface area (Å²) in [5.74, 6) is -0.412. The number of carbonyl (C=O) groups excluding carboxylic acids is 1. The second kappa shape index (κ2) is 6.93. The second-order valence-electron chi connectivity index (χ2n) is 6.26. The molecule has 2 aliphatic heterocycles. The predicted molar refractivity (Wildman–Crippen MR) is 87.0 cm³/mol. The minimum absolute atomic E-state index is 0.0743. The Kier molecular flexibility index (Phi) is 4.95. The highest BCUT2D eigenvalue weighted by Crippen LogP contribution is 2.24. The molecule has 2 N–H and O–H groups in total. The molecule has 2 aliphatic rings. The number of aliphatic hydroxyl groups excluding tert-OH is 1. The number of hydrogen-bond donors (Lipinski definition) is 2. The van der Waals surface area contributed by atoms with Crippen molar-refractivity contribution in [3.05, 3.63) is 11.1 Å². The van der Waals surface area contributed by atoms with Gasteiger partial charge in [0.15, 0.2) is 5.13 Å². The lowest BCUT2D eigenvalue weighted by Gasteiger charge is -2.32. The molecular weight excluding hydrogens is 300 g/mol. The summed E-state index contributed by atoms with van der Waals surface area (Å²) in [6.45, 7) is 4.06. The van der Waals surface area contributed by atoms with Crippen LogP contribution in [0.2, 0.25) is 0 Å². The maximum atomic E-state index is 12.3. The van der Waals surface area contributed by atoms with Crippen molar-refractivity contribution in [1.82, 2.24) is 15.2 Å². The van der Waals surface area contributed by atoms with Crippen molar-refractivity contribution in [2.24, 2.45) is 5.92 Å². The van der Waals surface area contributed by atoms with Gasteiger partial charge in [-0.05, 0) is 26.3 Å². The summed E-state index contributed by atoms with van der Waals surface area (Å²) in [5.41, 5.74) is 0.902. The first-order valence-electron chi connectivity index (χ1n) is 7.97. The second-order valence-corrected chi connectivity index (χ2v) is 7.09. The summed E-state index contributed by atoms with van der Waals surface area (Å²) in [6.07, 6.45) is 2.59. The molecule has 0 aromatic carbocycles. The van der Waals surface area contributed by atoms with Crippen LogP contribution >= 0.6 is 11.3 Å². The van der Waals surface area contributed by atoms with Gasteiger partial charge in [-0.1, -0.05) is 0 Å². The molecule has 7 heteroatoms. The summed E-state index contributed by atoms with van der Waals surface area (Å²) in [6, 6.07) is 0. The van der Waals surface area contributed by atoms with E-state index in [4.69, 9.17) is 0 Å². The smallest absolute Gasteiger partial charge is 0.227 e. The topological polar surface area (TPSA) is 68.7 Å². The van der Waals surface area contributed by atoms with Gasteiger partial charge >= 0.3 is 0 Å². The molecule has 0 radical (unpaired) electrons. The van der Waals surface area contributed by atoms with Gasteiger partial charge < -0.3 is 20.2 Å². The van der Waals surface area contributed by atoms with Crippen molar-refractivity contribution in [2.75, 3.05) is 38.1 Å². The highest BCUT2D eigenvalue weighted by atomic mass is 32.1. The number of nitrogens with zero attached hydrogens (tertiary/aromatic N) is 3. The Morgan fingerprint density at radius 3 is 3.00 bits per heavy atom. The van der Waals surface area contributed by atoms with Crippen LogP contribution < -0.4 is 10.2 Å². The fraction of sp³-hybridized carbons (Fsp3) is 0.733. The SMILES string of the molecule is CN1CC[C@@H](O)[C@H](C(=O)NCc2csc(N3CCCC3)n2)C1. The number of nitrogens with one attached hydrogen (secondary N) is 1. The molecule has 2 fully saturated rings. The Balaban J connectivity index is 1.52. The van der Waals surface area contributed by atoms with Gasteiger partial charge in [0, 0.05) is 31.6 Å². The van der Waals surface area contributed by atoms with Crippen LogP contribution in [0.4, 0.5) is 5.13 Å². The Bertz CT molecular complexity index is 515. The molecular formula is C15H24N4O2S. The summed E-state index contributed by atoms with van der Waals surface area (Å²) in [4.78, 5) is 21.2. The number of rotatable bonds is 4. The Hall–Kier alpha value is -1.18. The number of likely N-dealkylation sites (tertiary alicyclic amines) is 1. The zero-order valence-corrected chi connectivity index (χ0v) is 13.8. The van der Waals surface area contributed by atoms with E-state index in [1.807, 2.05) is 12.4 Å². The molecule has 0 saturated carbocycles. The van der Waals surface area contributed by atoms with Crippen LogP contribution in [0.1, 0.15) is 25.0 Å². The van der Waals surface area contributed by atoms with E-state index in [2.05, 4.69) is 20.1 Å². The summed E-state index contributed by atoms with van der Waals surface area (Å²) in [7, 11) is 1.98. The van der Waals surface area contributed by atoms with Crippen LogP contribution in [-0.2, 0) is 11.3 Å². The monoisotopic (exact) mass is 324 g/mol. The van der Waals surface area contributed by atoms with Gasteiger partial charge in [-0.2, -0.15) is 0 Å². The molecule has 1 aromatic rings. The lowest BCUT2D eigenvalue weighted by molar-refractivity contribution is -0.131. The van der Waals surface area contributed by atoms with Gasteiger partial charge in [-0.3, -0.25) is 4.79 Å². The number of aliphatic hydroxyl groups is 1. The van der Waals surface area contributed by atoms with E-state index >= 15 is 0 Å².